The molecule has 0 amide bonds. The molecule has 0 saturated heterocycles. The maximum atomic E-state index is 11.2. The number of unbranched alkanes of at least 4 members (excludes halogenated alkanes) is 1. The minimum absolute atomic E-state index is 0.110. The third-order valence-electron chi connectivity index (χ3n) is 2.65. The quantitative estimate of drug-likeness (QED) is 0.385. The van der Waals surface area contributed by atoms with Crippen LogP contribution in [-0.4, -0.2) is 41.7 Å². The molecule has 0 fully saturated rings. The van der Waals surface area contributed by atoms with Gasteiger partial charge in [0.2, 0.25) is 11.6 Å². The van der Waals surface area contributed by atoms with Crippen molar-refractivity contribution in [1.29, 1.82) is 0 Å². The number of ether oxygens (including phenoxy) is 1. The molecule has 0 spiro atoms. The third kappa shape index (κ3) is 4.96. The van der Waals surface area contributed by atoms with E-state index in [9.17, 15) is 10.1 Å². The topological polar surface area (TPSA) is 102 Å². The van der Waals surface area contributed by atoms with Gasteiger partial charge < -0.3 is 15.4 Å². The van der Waals surface area contributed by atoms with Crippen molar-refractivity contribution in [1.82, 2.24) is 9.97 Å². The molecule has 1 heterocycles. The Labute approximate surface area is 118 Å². The van der Waals surface area contributed by atoms with Crippen LogP contribution in [0.2, 0.25) is 0 Å². The molecule has 0 aliphatic heterocycles. The van der Waals surface area contributed by atoms with Crippen molar-refractivity contribution in [3.8, 4) is 0 Å². The summed E-state index contributed by atoms with van der Waals surface area (Å²) in [6, 6.07) is 0. The number of aromatic nitrogens is 2. The van der Waals surface area contributed by atoms with Crippen molar-refractivity contribution < 1.29 is 9.66 Å². The monoisotopic (exact) mass is 283 g/mol. The molecule has 1 rings (SSSR count). The van der Waals surface area contributed by atoms with E-state index < -0.39 is 4.92 Å². The van der Waals surface area contributed by atoms with Crippen LogP contribution in [0.3, 0.4) is 0 Å². The van der Waals surface area contributed by atoms with Crippen LogP contribution >= 0.6 is 0 Å². The van der Waals surface area contributed by atoms with E-state index in [2.05, 4.69) is 27.5 Å². The van der Waals surface area contributed by atoms with E-state index in [-0.39, 0.29) is 17.3 Å². The number of anilines is 2. The summed E-state index contributed by atoms with van der Waals surface area (Å²) < 4.78 is 4.93. The molecule has 0 atom stereocenters. The molecular formula is C12H21N5O3. The van der Waals surface area contributed by atoms with Gasteiger partial charge in [-0.25, -0.2) is 9.97 Å². The predicted octanol–water partition coefficient (Wildman–Crippen LogP) is 2.05. The number of nitrogens with zero attached hydrogens (tertiary/aromatic N) is 3. The lowest BCUT2D eigenvalue weighted by Gasteiger charge is -2.09. The number of hydrogen-bond donors (Lipinski definition) is 2. The lowest BCUT2D eigenvalue weighted by atomic mass is 10.3. The van der Waals surface area contributed by atoms with Crippen molar-refractivity contribution in [2.24, 2.45) is 0 Å². The Morgan fingerprint density at radius 1 is 1.25 bits per heavy atom. The van der Waals surface area contributed by atoms with Crippen LogP contribution in [0.25, 0.3) is 0 Å². The van der Waals surface area contributed by atoms with E-state index in [0.29, 0.717) is 19.7 Å². The Kier molecular flexibility index (Phi) is 7.26. The summed E-state index contributed by atoms with van der Waals surface area (Å²) in [7, 11) is 1.61. The summed E-state index contributed by atoms with van der Waals surface area (Å²) in [6.07, 6.45) is 4.00. The van der Waals surface area contributed by atoms with E-state index in [4.69, 9.17) is 4.74 Å². The molecule has 1 aromatic heterocycles. The summed E-state index contributed by atoms with van der Waals surface area (Å²) in [5.41, 5.74) is -0.110. The highest BCUT2D eigenvalue weighted by molar-refractivity contribution is 5.69. The van der Waals surface area contributed by atoms with Crippen molar-refractivity contribution in [3.63, 3.8) is 0 Å². The van der Waals surface area contributed by atoms with Gasteiger partial charge in [0.15, 0.2) is 0 Å². The van der Waals surface area contributed by atoms with Crippen LogP contribution in [-0.2, 0) is 4.74 Å². The zero-order valence-corrected chi connectivity index (χ0v) is 11.9. The van der Waals surface area contributed by atoms with Gasteiger partial charge in [0.25, 0.3) is 0 Å². The van der Waals surface area contributed by atoms with Gasteiger partial charge in [-0.3, -0.25) is 10.1 Å². The Morgan fingerprint density at radius 3 is 2.35 bits per heavy atom. The van der Waals surface area contributed by atoms with Crippen LogP contribution in [0.15, 0.2) is 6.33 Å². The predicted molar refractivity (Wildman–Crippen MR) is 77.1 cm³/mol. The zero-order valence-electron chi connectivity index (χ0n) is 11.9. The molecule has 0 aliphatic rings. The molecule has 20 heavy (non-hydrogen) atoms. The normalized spacial score (nSPS) is 10.3. The number of hydrogen-bond acceptors (Lipinski definition) is 7. The molecule has 2 N–H and O–H groups in total. The van der Waals surface area contributed by atoms with E-state index in [1.807, 2.05) is 0 Å². The second kappa shape index (κ2) is 9.03. The highest BCUT2D eigenvalue weighted by Gasteiger charge is 2.22. The molecular weight excluding hydrogens is 262 g/mol. The van der Waals surface area contributed by atoms with Crippen molar-refractivity contribution >= 4 is 17.3 Å². The molecule has 1 aromatic rings. The van der Waals surface area contributed by atoms with Gasteiger partial charge in [-0.1, -0.05) is 13.3 Å². The molecule has 0 aromatic carbocycles. The number of methoxy groups -OCH3 is 1. The second-order valence-corrected chi connectivity index (χ2v) is 4.23. The Morgan fingerprint density at radius 2 is 1.85 bits per heavy atom. The van der Waals surface area contributed by atoms with Gasteiger partial charge in [0.1, 0.15) is 6.33 Å². The average Bonchev–Trinajstić information content (AvgIpc) is 2.43. The summed E-state index contributed by atoms with van der Waals surface area (Å²) >= 11 is 0. The van der Waals surface area contributed by atoms with Crippen LogP contribution in [0.5, 0.6) is 0 Å². The lowest BCUT2D eigenvalue weighted by Crippen LogP contribution is -2.12. The molecule has 0 bridgehead atoms. The fraction of sp³-hybridized carbons (Fsp3) is 0.667. The summed E-state index contributed by atoms with van der Waals surface area (Å²) in [5.74, 6) is 0.493. The third-order valence-corrected chi connectivity index (χ3v) is 2.65. The molecule has 0 radical (unpaired) electrons. The van der Waals surface area contributed by atoms with Crippen molar-refractivity contribution in [2.75, 3.05) is 37.4 Å². The first kappa shape index (κ1) is 16.1. The first-order valence-electron chi connectivity index (χ1n) is 6.66. The van der Waals surface area contributed by atoms with Gasteiger partial charge in [-0.2, -0.15) is 0 Å². The van der Waals surface area contributed by atoms with Crippen LogP contribution in [0, 0.1) is 10.1 Å². The van der Waals surface area contributed by atoms with Gasteiger partial charge in [0.05, 0.1) is 4.92 Å². The summed E-state index contributed by atoms with van der Waals surface area (Å²) in [4.78, 5) is 18.6. The summed E-state index contributed by atoms with van der Waals surface area (Å²) in [5, 5.41) is 17.1. The van der Waals surface area contributed by atoms with Crippen LogP contribution < -0.4 is 10.6 Å². The smallest absolute Gasteiger partial charge is 0.353 e. The van der Waals surface area contributed by atoms with E-state index in [0.717, 1.165) is 19.3 Å². The fourth-order valence-electron chi connectivity index (χ4n) is 1.62. The maximum Gasteiger partial charge on any atom is 0.353 e. The van der Waals surface area contributed by atoms with E-state index in [1.165, 1.54) is 6.33 Å². The molecule has 0 saturated carbocycles. The van der Waals surface area contributed by atoms with E-state index in [1.54, 1.807) is 7.11 Å². The van der Waals surface area contributed by atoms with Gasteiger partial charge in [-0.05, 0) is 12.8 Å². The molecule has 0 unspecified atom stereocenters. The Bertz CT molecular complexity index is 428. The van der Waals surface area contributed by atoms with Gasteiger partial charge in [0, 0.05) is 26.8 Å². The zero-order chi connectivity index (χ0) is 14.8. The van der Waals surface area contributed by atoms with Crippen molar-refractivity contribution in [3.05, 3.63) is 16.4 Å². The molecule has 112 valence electrons. The minimum atomic E-state index is -0.465. The highest BCUT2D eigenvalue weighted by atomic mass is 16.6. The van der Waals surface area contributed by atoms with Crippen LogP contribution in [0.1, 0.15) is 26.2 Å². The standard InChI is InChI=1S/C12H21N5O3/c1-3-4-6-13-11-10(17(18)19)12(16-9-15-11)14-7-5-8-20-2/h9H,3-8H2,1-2H3,(H2,13,14,15,16). The largest absolute Gasteiger partial charge is 0.385 e. The van der Waals surface area contributed by atoms with Gasteiger partial charge in [-0.15, -0.1) is 0 Å². The molecule has 0 aliphatic carbocycles. The highest BCUT2D eigenvalue weighted by Crippen LogP contribution is 2.28. The lowest BCUT2D eigenvalue weighted by molar-refractivity contribution is -0.383. The number of rotatable bonds is 10. The van der Waals surface area contributed by atoms with Crippen molar-refractivity contribution in [2.45, 2.75) is 26.2 Å². The first-order valence-corrected chi connectivity index (χ1v) is 6.66. The average molecular weight is 283 g/mol. The van der Waals surface area contributed by atoms with E-state index >= 15 is 0 Å². The summed E-state index contributed by atoms with van der Waals surface area (Å²) in [6.45, 7) is 3.85. The Balaban J connectivity index is 2.76. The Hall–Kier alpha value is -1.96. The minimum Gasteiger partial charge on any atom is -0.385 e. The number of nitro groups is 1. The number of nitrogens with one attached hydrogen (secondary N) is 2. The molecule has 8 nitrogen and oxygen atoms in total. The fourth-order valence-corrected chi connectivity index (χ4v) is 1.62. The molecule has 8 heteroatoms. The second-order valence-electron chi connectivity index (χ2n) is 4.23. The van der Waals surface area contributed by atoms with Gasteiger partial charge >= 0.3 is 5.69 Å². The maximum absolute atomic E-state index is 11.2. The SMILES string of the molecule is CCCCNc1ncnc(NCCCOC)c1[N+](=O)[O-]. The first-order chi connectivity index (χ1) is 9.70. The van der Waals surface area contributed by atoms with Crippen LogP contribution in [0.4, 0.5) is 17.3 Å².